The van der Waals surface area contributed by atoms with Crippen molar-refractivity contribution in [2.45, 2.75) is 52.2 Å². The third-order valence-electron chi connectivity index (χ3n) is 6.13. The number of anilines is 3. The van der Waals surface area contributed by atoms with Gasteiger partial charge < -0.3 is 24.7 Å². The normalized spacial score (nSPS) is 23.2. The topological polar surface area (TPSA) is 77.5 Å². The predicted octanol–water partition coefficient (Wildman–Crippen LogP) is 3.15. The highest BCUT2D eigenvalue weighted by Crippen LogP contribution is 2.30. The molecule has 0 bridgehead atoms. The van der Waals surface area contributed by atoms with Crippen LogP contribution >= 0.6 is 0 Å². The van der Waals surface area contributed by atoms with Crippen molar-refractivity contribution in [1.82, 2.24) is 9.97 Å². The van der Waals surface area contributed by atoms with Gasteiger partial charge in [0.25, 0.3) is 0 Å². The Hall–Kier alpha value is -2.32. The van der Waals surface area contributed by atoms with Crippen LogP contribution in [0.4, 0.5) is 17.5 Å². The molecule has 2 aliphatic heterocycles. The molecular weight excluding hydrogens is 367 g/mol. The molecule has 2 N–H and O–H groups in total. The Kier molecular flexibility index (Phi) is 5.05. The van der Waals surface area contributed by atoms with E-state index >= 15 is 0 Å². The van der Waals surface area contributed by atoms with E-state index in [9.17, 15) is 0 Å². The first kappa shape index (κ1) is 18.7. The van der Waals surface area contributed by atoms with Crippen LogP contribution in [0.5, 0.6) is 5.75 Å². The first-order valence-corrected chi connectivity index (χ1v) is 10.6. The fourth-order valence-electron chi connectivity index (χ4n) is 4.43. The predicted molar refractivity (Wildman–Crippen MR) is 113 cm³/mol. The van der Waals surface area contributed by atoms with Gasteiger partial charge in [-0.15, -0.1) is 0 Å². The van der Waals surface area contributed by atoms with Gasteiger partial charge in [-0.2, -0.15) is 4.98 Å². The first-order valence-electron chi connectivity index (χ1n) is 10.6. The van der Waals surface area contributed by atoms with Crippen molar-refractivity contribution >= 4 is 30.0 Å². The van der Waals surface area contributed by atoms with E-state index in [1.54, 1.807) is 0 Å². The summed E-state index contributed by atoms with van der Waals surface area (Å²) in [5.74, 6) is 2.96. The number of rotatable bonds is 4. The van der Waals surface area contributed by atoms with Crippen LogP contribution in [0.1, 0.15) is 43.7 Å². The van der Waals surface area contributed by atoms with Crippen molar-refractivity contribution in [3.8, 4) is 5.75 Å². The second kappa shape index (κ2) is 7.84. The molecule has 0 spiro atoms. The summed E-state index contributed by atoms with van der Waals surface area (Å²) in [5, 5.41) is 7.01. The number of ether oxygens (including phenoxy) is 1. The molecule has 1 aromatic heterocycles. The Morgan fingerprint density at radius 1 is 1.14 bits per heavy atom. The van der Waals surface area contributed by atoms with Crippen molar-refractivity contribution in [2.24, 2.45) is 5.92 Å². The molecule has 0 amide bonds. The van der Waals surface area contributed by atoms with E-state index in [4.69, 9.17) is 19.0 Å². The average molecular weight is 394 g/mol. The average Bonchev–Trinajstić information content (AvgIpc) is 3.00. The number of aryl methyl sites for hydroxylation is 1. The molecule has 1 saturated carbocycles. The zero-order chi connectivity index (χ0) is 19.8. The maximum Gasteiger partial charge on any atom is 0.498 e. The molecule has 1 aromatic carbocycles. The van der Waals surface area contributed by atoms with E-state index < -0.39 is 0 Å². The molecule has 2 atom stereocenters. The fourth-order valence-corrected chi connectivity index (χ4v) is 4.43. The van der Waals surface area contributed by atoms with Crippen LogP contribution in [-0.4, -0.2) is 36.3 Å². The lowest BCUT2D eigenvalue weighted by Gasteiger charge is -2.30. The van der Waals surface area contributed by atoms with Crippen LogP contribution in [-0.2, 0) is 15.9 Å². The van der Waals surface area contributed by atoms with E-state index in [2.05, 4.69) is 28.6 Å². The standard InChI is InChI=1S/C21H27BN4O3/c1-13-5-3-4-6-17(13)25-20-14(2)11-23-21(26-20)24-16-9-15-12-29-22-19(15)18(10-16)27-7-8-28-22/h9-11,13,17H,3-8,12H2,1-2H3,(H2,23,24,25,26). The summed E-state index contributed by atoms with van der Waals surface area (Å²) in [5.41, 5.74) is 4.04. The quantitative estimate of drug-likeness (QED) is 0.772. The van der Waals surface area contributed by atoms with E-state index in [0.29, 0.717) is 37.7 Å². The first-order chi connectivity index (χ1) is 14.2. The molecule has 0 radical (unpaired) electrons. The SMILES string of the molecule is Cc1cnc(Nc2cc3c4c(c2)OCCOB4OC3)nc1NC1CCCCC1C. The van der Waals surface area contributed by atoms with Gasteiger partial charge in [0.15, 0.2) is 0 Å². The molecule has 3 heterocycles. The second-order valence-electron chi connectivity index (χ2n) is 8.27. The van der Waals surface area contributed by atoms with Gasteiger partial charge in [-0.25, -0.2) is 4.98 Å². The van der Waals surface area contributed by atoms with Crippen molar-refractivity contribution in [1.29, 1.82) is 0 Å². The maximum absolute atomic E-state index is 5.88. The number of benzene rings is 1. The highest BCUT2D eigenvalue weighted by molar-refractivity contribution is 6.64. The molecule has 29 heavy (non-hydrogen) atoms. The molecule has 2 aromatic rings. The number of nitrogens with one attached hydrogen (secondary N) is 2. The minimum Gasteiger partial charge on any atom is -0.492 e. The van der Waals surface area contributed by atoms with Crippen molar-refractivity contribution in [2.75, 3.05) is 23.8 Å². The van der Waals surface area contributed by atoms with E-state index in [-0.39, 0.29) is 7.12 Å². The zero-order valence-corrected chi connectivity index (χ0v) is 17.0. The van der Waals surface area contributed by atoms with Gasteiger partial charge in [-0.1, -0.05) is 19.8 Å². The Balaban J connectivity index is 1.38. The van der Waals surface area contributed by atoms with Crippen LogP contribution in [0.3, 0.4) is 0 Å². The van der Waals surface area contributed by atoms with Gasteiger partial charge in [0.1, 0.15) is 18.2 Å². The van der Waals surface area contributed by atoms with Crippen molar-refractivity contribution in [3.63, 3.8) is 0 Å². The summed E-state index contributed by atoms with van der Waals surface area (Å²) in [7, 11) is -0.319. The van der Waals surface area contributed by atoms with E-state index in [0.717, 1.165) is 33.8 Å². The maximum atomic E-state index is 5.88. The lowest BCUT2D eigenvalue weighted by Crippen LogP contribution is -2.31. The Morgan fingerprint density at radius 2 is 2.03 bits per heavy atom. The molecule has 3 aliphatic rings. The van der Waals surface area contributed by atoms with Gasteiger partial charge in [-0.3, -0.25) is 0 Å². The lowest BCUT2D eigenvalue weighted by atomic mass is 9.78. The van der Waals surface area contributed by atoms with Crippen LogP contribution in [0.15, 0.2) is 18.3 Å². The second-order valence-corrected chi connectivity index (χ2v) is 8.27. The third-order valence-corrected chi connectivity index (χ3v) is 6.13. The van der Waals surface area contributed by atoms with Crippen molar-refractivity contribution < 1.29 is 14.0 Å². The number of aromatic nitrogens is 2. The molecule has 7 nitrogen and oxygen atoms in total. The Bertz CT molecular complexity index is 910. The summed E-state index contributed by atoms with van der Waals surface area (Å²) < 4.78 is 17.3. The number of nitrogens with zero attached hydrogens (tertiary/aromatic N) is 2. The third kappa shape index (κ3) is 3.79. The Labute approximate surface area is 171 Å². The minimum absolute atomic E-state index is 0.319. The number of hydrogen-bond acceptors (Lipinski definition) is 7. The van der Waals surface area contributed by atoms with Crippen LogP contribution in [0.25, 0.3) is 0 Å². The van der Waals surface area contributed by atoms with Gasteiger partial charge in [0.2, 0.25) is 5.95 Å². The summed E-state index contributed by atoms with van der Waals surface area (Å²) >= 11 is 0. The molecule has 5 rings (SSSR count). The van der Waals surface area contributed by atoms with Gasteiger partial charge in [-0.05, 0) is 37.3 Å². The fraction of sp³-hybridized carbons (Fsp3) is 0.524. The summed E-state index contributed by atoms with van der Waals surface area (Å²) in [6.45, 7) is 5.94. The zero-order valence-electron chi connectivity index (χ0n) is 17.0. The summed E-state index contributed by atoms with van der Waals surface area (Å²) in [4.78, 5) is 9.25. The monoisotopic (exact) mass is 394 g/mol. The number of hydrogen-bond donors (Lipinski definition) is 2. The Morgan fingerprint density at radius 3 is 2.93 bits per heavy atom. The van der Waals surface area contributed by atoms with Crippen LogP contribution < -0.4 is 20.8 Å². The molecule has 152 valence electrons. The highest BCUT2D eigenvalue weighted by atomic mass is 16.6. The van der Waals surface area contributed by atoms with Gasteiger partial charge in [0.05, 0.1) is 13.2 Å². The van der Waals surface area contributed by atoms with Crippen LogP contribution in [0, 0.1) is 12.8 Å². The van der Waals surface area contributed by atoms with Crippen LogP contribution in [0.2, 0.25) is 0 Å². The summed E-state index contributed by atoms with van der Waals surface area (Å²) in [6.07, 6.45) is 6.95. The highest BCUT2D eigenvalue weighted by Gasteiger charge is 2.36. The minimum atomic E-state index is -0.319. The van der Waals surface area contributed by atoms with E-state index in [1.807, 2.05) is 19.2 Å². The van der Waals surface area contributed by atoms with Gasteiger partial charge >= 0.3 is 7.12 Å². The molecule has 8 heteroatoms. The summed E-state index contributed by atoms with van der Waals surface area (Å²) in [6, 6.07) is 4.52. The molecular formula is C21H27BN4O3. The molecule has 1 fully saturated rings. The molecule has 1 aliphatic carbocycles. The molecule has 0 saturated heterocycles. The van der Waals surface area contributed by atoms with E-state index in [1.165, 1.54) is 25.7 Å². The lowest BCUT2D eigenvalue weighted by molar-refractivity contribution is 0.180. The largest absolute Gasteiger partial charge is 0.498 e. The smallest absolute Gasteiger partial charge is 0.492 e. The van der Waals surface area contributed by atoms with Gasteiger partial charge in [0, 0.05) is 35.0 Å². The molecule has 2 unspecified atom stereocenters. The van der Waals surface area contributed by atoms with Crippen molar-refractivity contribution in [3.05, 3.63) is 29.5 Å².